The Hall–Kier alpha value is -0.990. The Morgan fingerprint density at radius 2 is 1.80 bits per heavy atom. The first kappa shape index (κ1) is 17.4. The van der Waals surface area contributed by atoms with Crippen LogP contribution >= 0.6 is 0 Å². The molecule has 0 saturated heterocycles. The molecule has 4 aliphatic carbocycles. The van der Waals surface area contributed by atoms with Crippen molar-refractivity contribution in [3.63, 3.8) is 0 Å². The van der Waals surface area contributed by atoms with Crippen LogP contribution in [-0.4, -0.2) is 19.2 Å². The van der Waals surface area contributed by atoms with Gasteiger partial charge in [-0.2, -0.15) is 0 Å². The maximum Gasteiger partial charge on any atom is 0.302 e. The minimum absolute atomic E-state index is 0.103. The van der Waals surface area contributed by atoms with Crippen LogP contribution in [0.15, 0.2) is 11.8 Å². The quantitative estimate of drug-likeness (QED) is 0.653. The van der Waals surface area contributed by atoms with E-state index in [1.807, 2.05) is 7.11 Å². The van der Waals surface area contributed by atoms with E-state index < -0.39 is 0 Å². The highest BCUT2D eigenvalue weighted by Gasteiger charge is 2.60. The van der Waals surface area contributed by atoms with E-state index >= 15 is 0 Å². The number of esters is 1. The molecule has 3 fully saturated rings. The summed E-state index contributed by atoms with van der Waals surface area (Å²) in [7, 11) is 1.82. The minimum Gasteiger partial charge on any atom is -0.501 e. The Morgan fingerprint density at radius 1 is 1.04 bits per heavy atom. The number of hydrogen-bond donors (Lipinski definition) is 0. The maximum atomic E-state index is 11.6. The van der Waals surface area contributed by atoms with E-state index in [1.165, 1.54) is 44.3 Å². The van der Waals surface area contributed by atoms with Crippen LogP contribution in [-0.2, 0) is 14.3 Å². The summed E-state index contributed by atoms with van der Waals surface area (Å²) >= 11 is 0. The van der Waals surface area contributed by atoms with Gasteiger partial charge in [-0.3, -0.25) is 4.79 Å². The number of ether oxygens (including phenoxy) is 2. The standard InChI is InChI=1S/C22H34O3/c1-14(23)25-20-8-7-18-17-6-5-15-13-16(24-4)9-11-21(15,2)19(17)10-12-22(18,20)3/h13,15,17-20H,5-12H2,1-4H3/t15-,17+,18+,19+,20-,21+,22+/m1/s1. The van der Waals surface area contributed by atoms with Gasteiger partial charge in [0.2, 0.25) is 0 Å². The number of methoxy groups -OCH3 is 1. The summed E-state index contributed by atoms with van der Waals surface area (Å²) in [5.41, 5.74) is 0.643. The molecular weight excluding hydrogens is 312 g/mol. The predicted octanol–water partition coefficient (Wildman–Crippen LogP) is 5.10. The third-order valence-electron chi connectivity index (χ3n) is 8.72. The molecule has 140 valence electrons. The lowest BCUT2D eigenvalue weighted by molar-refractivity contribution is -0.159. The van der Waals surface area contributed by atoms with Gasteiger partial charge < -0.3 is 9.47 Å². The second-order valence-electron chi connectivity index (χ2n) is 9.62. The first-order valence-corrected chi connectivity index (χ1v) is 10.3. The van der Waals surface area contributed by atoms with Gasteiger partial charge in [0, 0.05) is 18.8 Å². The fourth-order valence-corrected chi connectivity index (χ4v) is 7.35. The van der Waals surface area contributed by atoms with E-state index in [4.69, 9.17) is 9.47 Å². The van der Waals surface area contributed by atoms with Crippen molar-refractivity contribution >= 4 is 5.97 Å². The van der Waals surface area contributed by atoms with Crippen LogP contribution in [0.4, 0.5) is 0 Å². The highest BCUT2D eigenvalue weighted by molar-refractivity contribution is 5.66. The molecule has 0 bridgehead atoms. The first-order chi connectivity index (χ1) is 11.9. The third-order valence-corrected chi connectivity index (χ3v) is 8.72. The summed E-state index contributed by atoms with van der Waals surface area (Å²) in [6, 6.07) is 0. The molecular formula is C22H34O3. The predicted molar refractivity (Wildman–Crippen MR) is 97.8 cm³/mol. The molecule has 0 spiro atoms. The monoisotopic (exact) mass is 346 g/mol. The molecule has 0 heterocycles. The van der Waals surface area contributed by atoms with Crippen molar-refractivity contribution in [3.8, 4) is 0 Å². The Balaban J connectivity index is 1.58. The van der Waals surface area contributed by atoms with E-state index in [1.54, 1.807) is 6.92 Å². The van der Waals surface area contributed by atoms with Gasteiger partial charge >= 0.3 is 5.97 Å². The average Bonchev–Trinajstić information content (AvgIpc) is 2.90. The van der Waals surface area contributed by atoms with E-state index in [-0.39, 0.29) is 17.5 Å². The zero-order chi connectivity index (χ0) is 17.8. The highest BCUT2D eigenvalue weighted by Crippen LogP contribution is 2.66. The Kier molecular flexibility index (Phi) is 4.20. The lowest BCUT2D eigenvalue weighted by atomic mass is 9.46. The first-order valence-electron chi connectivity index (χ1n) is 10.3. The van der Waals surface area contributed by atoms with Crippen LogP contribution < -0.4 is 0 Å². The molecule has 3 nitrogen and oxygen atoms in total. The lowest BCUT2D eigenvalue weighted by Crippen LogP contribution is -2.53. The molecule has 3 saturated carbocycles. The third kappa shape index (κ3) is 2.56. The smallest absolute Gasteiger partial charge is 0.302 e. The molecule has 25 heavy (non-hydrogen) atoms. The van der Waals surface area contributed by atoms with Crippen molar-refractivity contribution in [1.29, 1.82) is 0 Å². The molecule has 0 amide bonds. The van der Waals surface area contributed by atoms with E-state index in [0.717, 1.165) is 30.6 Å². The zero-order valence-electron chi connectivity index (χ0n) is 16.3. The van der Waals surface area contributed by atoms with Gasteiger partial charge in [-0.05, 0) is 80.1 Å². The van der Waals surface area contributed by atoms with Crippen molar-refractivity contribution in [2.75, 3.05) is 7.11 Å². The normalized spacial score (nSPS) is 48.6. The van der Waals surface area contributed by atoms with Crippen molar-refractivity contribution < 1.29 is 14.3 Å². The van der Waals surface area contributed by atoms with Crippen LogP contribution in [0.3, 0.4) is 0 Å². The molecule has 4 rings (SSSR count). The largest absolute Gasteiger partial charge is 0.501 e. The van der Waals surface area contributed by atoms with Gasteiger partial charge in [0.15, 0.2) is 0 Å². The number of carbonyl (C=O) groups excluding carboxylic acids is 1. The highest BCUT2D eigenvalue weighted by atomic mass is 16.5. The van der Waals surface area contributed by atoms with Crippen LogP contribution in [0, 0.1) is 34.5 Å². The topological polar surface area (TPSA) is 35.5 Å². The number of hydrogen-bond acceptors (Lipinski definition) is 3. The van der Waals surface area contributed by atoms with Crippen molar-refractivity contribution in [2.45, 2.75) is 78.2 Å². The molecule has 0 aliphatic heterocycles. The van der Waals surface area contributed by atoms with Gasteiger partial charge in [-0.25, -0.2) is 0 Å². The molecule has 3 heteroatoms. The summed E-state index contributed by atoms with van der Waals surface area (Å²) in [4.78, 5) is 11.6. The summed E-state index contributed by atoms with van der Waals surface area (Å²) in [5.74, 6) is 4.17. The molecule has 0 aromatic heterocycles. The SMILES string of the molecule is COC1=C[C@H]2CC[C@@H]3[C@H](CC[C@]4(C)[C@H](OC(C)=O)CC[C@@H]34)[C@@]2(C)CC1. The van der Waals surface area contributed by atoms with Crippen molar-refractivity contribution in [2.24, 2.45) is 34.5 Å². The molecule has 7 atom stereocenters. The second-order valence-corrected chi connectivity index (χ2v) is 9.62. The molecule has 0 radical (unpaired) electrons. The number of carbonyl (C=O) groups is 1. The second kappa shape index (κ2) is 6.03. The van der Waals surface area contributed by atoms with Crippen molar-refractivity contribution in [3.05, 3.63) is 11.8 Å². The number of allylic oxidation sites excluding steroid dienone is 2. The average molecular weight is 347 g/mol. The van der Waals surface area contributed by atoms with E-state index in [9.17, 15) is 4.79 Å². The van der Waals surface area contributed by atoms with Gasteiger partial charge in [0.05, 0.1) is 12.9 Å². The van der Waals surface area contributed by atoms with E-state index in [2.05, 4.69) is 19.9 Å². The summed E-state index contributed by atoms with van der Waals surface area (Å²) in [5, 5.41) is 0. The Morgan fingerprint density at radius 3 is 2.52 bits per heavy atom. The summed E-state index contributed by atoms with van der Waals surface area (Å²) in [6.45, 7) is 6.53. The van der Waals surface area contributed by atoms with Crippen LogP contribution in [0.2, 0.25) is 0 Å². The molecule has 0 unspecified atom stereocenters. The summed E-state index contributed by atoms with van der Waals surface area (Å²) in [6.07, 6.45) is 12.4. The molecule has 0 aromatic carbocycles. The molecule has 4 aliphatic rings. The Labute approximate surface area is 152 Å². The Bertz CT molecular complexity index is 582. The van der Waals surface area contributed by atoms with E-state index in [0.29, 0.717) is 11.3 Å². The van der Waals surface area contributed by atoms with Crippen LogP contribution in [0.5, 0.6) is 0 Å². The van der Waals surface area contributed by atoms with Gasteiger partial charge in [-0.1, -0.05) is 13.8 Å². The molecule has 0 aromatic rings. The van der Waals surface area contributed by atoms with Crippen LogP contribution in [0.1, 0.15) is 72.1 Å². The van der Waals surface area contributed by atoms with Gasteiger partial charge in [0.25, 0.3) is 0 Å². The van der Waals surface area contributed by atoms with Crippen molar-refractivity contribution in [1.82, 2.24) is 0 Å². The fraction of sp³-hybridized carbons (Fsp3) is 0.864. The van der Waals surface area contributed by atoms with Crippen LogP contribution in [0.25, 0.3) is 0 Å². The van der Waals surface area contributed by atoms with Gasteiger partial charge in [0.1, 0.15) is 6.10 Å². The van der Waals surface area contributed by atoms with Gasteiger partial charge in [-0.15, -0.1) is 0 Å². The lowest BCUT2D eigenvalue weighted by Gasteiger charge is -2.59. The molecule has 0 N–H and O–H groups in total. The minimum atomic E-state index is -0.103. The number of rotatable bonds is 2. The zero-order valence-corrected chi connectivity index (χ0v) is 16.3. The number of fused-ring (bicyclic) bond motifs is 5. The summed E-state index contributed by atoms with van der Waals surface area (Å²) < 4.78 is 11.3. The maximum absolute atomic E-state index is 11.6. The fourth-order valence-electron chi connectivity index (χ4n) is 7.35.